The number of amides is 1. The van der Waals surface area contributed by atoms with Crippen LogP contribution in [0.3, 0.4) is 0 Å². The first kappa shape index (κ1) is 14.9. The van der Waals surface area contributed by atoms with Gasteiger partial charge in [0.2, 0.25) is 5.91 Å². The van der Waals surface area contributed by atoms with E-state index in [0.717, 1.165) is 0 Å². The van der Waals surface area contributed by atoms with Crippen LogP contribution >= 0.6 is 0 Å². The fraction of sp³-hybridized carbons (Fsp3) is 0.357. The van der Waals surface area contributed by atoms with E-state index in [0.29, 0.717) is 17.7 Å². The molecule has 1 rings (SSSR count). The highest BCUT2D eigenvalue weighted by molar-refractivity contribution is 5.95. The van der Waals surface area contributed by atoms with Crippen molar-refractivity contribution in [2.24, 2.45) is 5.92 Å². The minimum Gasteiger partial charge on any atom is -0.481 e. The Kier molecular flexibility index (Phi) is 5.23. The third-order valence-electron chi connectivity index (χ3n) is 2.80. The molecule has 0 radical (unpaired) electrons. The molecule has 0 fully saturated rings. The molecule has 19 heavy (non-hydrogen) atoms. The van der Waals surface area contributed by atoms with Crippen molar-refractivity contribution in [2.45, 2.75) is 26.7 Å². The number of rotatable bonds is 6. The second kappa shape index (κ2) is 6.68. The van der Waals surface area contributed by atoms with Crippen LogP contribution in [0.25, 0.3) is 0 Å². The van der Waals surface area contributed by atoms with Gasteiger partial charge in [0.1, 0.15) is 0 Å². The second-order valence-corrected chi connectivity index (χ2v) is 4.46. The van der Waals surface area contributed by atoms with Crippen LogP contribution in [0.1, 0.15) is 37.0 Å². The van der Waals surface area contributed by atoms with Gasteiger partial charge in [-0.25, -0.2) is 0 Å². The summed E-state index contributed by atoms with van der Waals surface area (Å²) in [5.41, 5.74) is 1.18. The van der Waals surface area contributed by atoms with Crippen LogP contribution in [0.15, 0.2) is 24.3 Å². The molecule has 1 atom stereocenters. The van der Waals surface area contributed by atoms with Gasteiger partial charge in [0.05, 0.1) is 5.92 Å². The van der Waals surface area contributed by atoms with Crippen molar-refractivity contribution in [3.8, 4) is 0 Å². The fourth-order valence-corrected chi connectivity index (χ4v) is 1.48. The Bertz CT molecular complexity index is 479. The Morgan fingerprint density at radius 2 is 1.79 bits per heavy atom. The highest BCUT2D eigenvalue weighted by Gasteiger charge is 2.13. The summed E-state index contributed by atoms with van der Waals surface area (Å²) in [5, 5.41) is 11.4. The summed E-state index contributed by atoms with van der Waals surface area (Å²) in [7, 11) is 0. The van der Waals surface area contributed by atoms with Crippen molar-refractivity contribution in [3.63, 3.8) is 0 Å². The fourth-order valence-electron chi connectivity index (χ4n) is 1.48. The van der Waals surface area contributed by atoms with E-state index in [1.54, 1.807) is 31.2 Å². The van der Waals surface area contributed by atoms with Gasteiger partial charge in [0.25, 0.3) is 0 Å². The summed E-state index contributed by atoms with van der Waals surface area (Å²) in [6, 6.07) is 6.57. The van der Waals surface area contributed by atoms with Gasteiger partial charge in [0.15, 0.2) is 5.78 Å². The minimum atomic E-state index is -0.904. The van der Waals surface area contributed by atoms with E-state index in [1.165, 1.54) is 6.92 Å². The van der Waals surface area contributed by atoms with E-state index in [1.807, 2.05) is 0 Å². The highest BCUT2D eigenvalue weighted by Crippen LogP contribution is 2.12. The normalized spacial score (nSPS) is 11.7. The lowest BCUT2D eigenvalue weighted by Crippen LogP contribution is -2.16. The number of carboxylic acids is 1. The number of hydrogen-bond acceptors (Lipinski definition) is 3. The molecule has 1 amide bonds. The van der Waals surface area contributed by atoms with Crippen molar-refractivity contribution in [2.75, 3.05) is 5.32 Å². The van der Waals surface area contributed by atoms with Crippen LogP contribution in [0, 0.1) is 5.92 Å². The van der Waals surface area contributed by atoms with E-state index in [-0.39, 0.29) is 18.1 Å². The maximum absolute atomic E-state index is 11.6. The van der Waals surface area contributed by atoms with Gasteiger partial charge in [-0.3, -0.25) is 14.4 Å². The standard InChI is InChI=1S/C14H17NO4/c1-9(14(18)19)3-8-13(17)15-12-6-4-11(5-7-12)10(2)16/h4-7,9H,3,8H2,1-2H3,(H,15,17)(H,18,19). The topological polar surface area (TPSA) is 83.5 Å². The minimum absolute atomic E-state index is 0.0341. The molecule has 0 aliphatic rings. The maximum atomic E-state index is 11.6. The number of Topliss-reactive ketones (excluding diaryl/α,β-unsaturated/α-hetero) is 1. The molecule has 0 aromatic heterocycles. The molecule has 0 aliphatic heterocycles. The number of benzene rings is 1. The molecule has 5 heteroatoms. The van der Waals surface area contributed by atoms with Gasteiger partial charge < -0.3 is 10.4 Å². The van der Waals surface area contributed by atoms with Gasteiger partial charge >= 0.3 is 5.97 Å². The summed E-state index contributed by atoms with van der Waals surface area (Å²) in [6.07, 6.45) is 0.453. The largest absolute Gasteiger partial charge is 0.481 e. The Labute approximate surface area is 111 Å². The zero-order chi connectivity index (χ0) is 14.4. The van der Waals surface area contributed by atoms with Crippen LogP contribution < -0.4 is 5.32 Å². The number of hydrogen-bond donors (Lipinski definition) is 2. The van der Waals surface area contributed by atoms with Crippen molar-refractivity contribution in [1.82, 2.24) is 0 Å². The Balaban J connectivity index is 2.48. The van der Waals surface area contributed by atoms with E-state index in [9.17, 15) is 14.4 Å². The lowest BCUT2D eigenvalue weighted by atomic mass is 10.1. The number of ketones is 1. The molecule has 0 heterocycles. The quantitative estimate of drug-likeness (QED) is 0.771. The molecule has 2 N–H and O–H groups in total. The van der Waals surface area contributed by atoms with Crippen LogP contribution in [0.4, 0.5) is 5.69 Å². The molecular weight excluding hydrogens is 246 g/mol. The van der Waals surface area contributed by atoms with E-state index in [4.69, 9.17) is 5.11 Å². The first-order valence-electron chi connectivity index (χ1n) is 6.04. The molecule has 0 saturated heterocycles. The highest BCUT2D eigenvalue weighted by atomic mass is 16.4. The molecule has 0 aliphatic carbocycles. The zero-order valence-corrected chi connectivity index (χ0v) is 11.0. The van der Waals surface area contributed by atoms with E-state index in [2.05, 4.69) is 5.32 Å². The maximum Gasteiger partial charge on any atom is 0.306 e. The van der Waals surface area contributed by atoms with Crippen LogP contribution in [-0.2, 0) is 9.59 Å². The Morgan fingerprint density at radius 3 is 2.26 bits per heavy atom. The van der Waals surface area contributed by atoms with Gasteiger partial charge in [-0.2, -0.15) is 0 Å². The number of carbonyl (C=O) groups excluding carboxylic acids is 2. The Morgan fingerprint density at radius 1 is 1.21 bits per heavy atom. The second-order valence-electron chi connectivity index (χ2n) is 4.46. The SMILES string of the molecule is CC(=O)c1ccc(NC(=O)CCC(C)C(=O)O)cc1. The van der Waals surface area contributed by atoms with Crippen LogP contribution in [0.2, 0.25) is 0 Å². The summed E-state index contributed by atoms with van der Waals surface area (Å²) < 4.78 is 0. The summed E-state index contributed by atoms with van der Waals surface area (Å²) >= 11 is 0. The smallest absolute Gasteiger partial charge is 0.306 e. The molecule has 1 unspecified atom stereocenters. The predicted octanol–water partition coefficient (Wildman–Crippen LogP) is 2.33. The first-order chi connectivity index (χ1) is 8.90. The zero-order valence-electron chi connectivity index (χ0n) is 11.0. The molecule has 102 valence electrons. The number of carbonyl (C=O) groups is 3. The van der Waals surface area contributed by atoms with Gasteiger partial charge in [-0.05, 0) is 37.6 Å². The number of nitrogens with one attached hydrogen (secondary N) is 1. The molecular formula is C14H17NO4. The van der Waals surface area contributed by atoms with Crippen LogP contribution in [-0.4, -0.2) is 22.8 Å². The van der Waals surface area contributed by atoms with Crippen molar-refractivity contribution in [3.05, 3.63) is 29.8 Å². The summed E-state index contributed by atoms with van der Waals surface area (Å²) in [5.74, 6) is -1.71. The molecule has 0 saturated carbocycles. The molecule has 0 bridgehead atoms. The molecule has 5 nitrogen and oxygen atoms in total. The lowest BCUT2D eigenvalue weighted by molar-refractivity contribution is -0.141. The summed E-state index contributed by atoms with van der Waals surface area (Å²) in [6.45, 7) is 3.04. The lowest BCUT2D eigenvalue weighted by Gasteiger charge is -2.07. The average Bonchev–Trinajstić information content (AvgIpc) is 2.36. The number of carboxylic acid groups (broad SMARTS) is 1. The van der Waals surface area contributed by atoms with E-state index < -0.39 is 11.9 Å². The van der Waals surface area contributed by atoms with Gasteiger partial charge in [-0.1, -0.05) is 6.92 Å². The number of anilines is 1. The predicted molar refractivity (Wildman–Crippen MR) is 71.1 cm³/mol. The third kappa shape index (κ3) is 4.91. The summed E-state index contributed by atoms with van der Waals surface area (Å²) in [4.78, 5) is 33.3. The molecule has 1 aromatic rings. The molecule has 0 spiro atoms. The van der Waals surface area contributed by atoms with Crippen molar-refractivity contribution >= 4 is 23.3 Å². The Hall–Kier alpha value is -2.17. The number of aliphatic carboxylic acids is 1. The van der Waals surface area contributed by atoms with Crippen molar-refractivity contribution in [1.29, 1.82) is 0 Å². The van der Waals surface area contributed by atoms with Gasteiger partial charge in [0, 0.05) is 17.7 Å². The monoisotopic (exact) mass is 263 g/mol. The average molecular weight is 263 g/mol. The van der Waals surface area contributed by atoms with Crippen LogP contribution in [0.5, 0.6) is 0 Å². The van der Waals surface area contributed by atoms with Gasteiger partial charge in [-0.15, -0.1) is 0 Å². The van der Waals surface area contributed by atoms with Crippen molar-refractivity contribution < 1.29 is 19.5 Å². The van der Waals surface area contributed by atoms with E-state index >= 15 is 0 Å². The molecule has 1 aromatic carbocycles. The third-order valence-corrected chi connectivity index (χ3v) is 2.80. The first-order valence-corrected chi connectivity index (χ1v) is 6.04.